The monoisotopic (exact) mass is 610 g/mol. The van der Waals surface area contributed by atoms with Crippen LogP contribution in [0.4, 0.5) is 0 Å². The Hall–Kier alpha value is -1.26. The van der Waals surface area contributed by atoms with Gasteiger partial charge in [-0.05, 0) is 88.9 Å². The number of aliphatic hydroxyl groups is 1. The minimum atomic E-state index is -1.59. The molecule has 1 N–H and O–H groups in total. The van der Waals surface area contributed by atoms with Gasteiger partial charge in [0.1, 0.15) is 36.6 Å². The van der Waals surface area contributed by atoms with Gasteiger partial charge in [-0.2, -0.15) is 0 Å². The largest absolute Gasteiger partial charge is 0.461 e. The molecule has 248 valence electrons. The summed E-state index contributed by atoms with van der Waals surface area (Å²) in [6, 6.07) is 0. The highest BCUT2D eigenvalue weighted by atomic mass is 16.8. The van der Waals surface area contributed by atoms with E-state index in [1.807, 2.05) is 13.8 Å². The van der Waals surface area contributed by atoms with Crippen molar-refractivity contribution in [2.24, 2.45) is 41.4 Å². The fourth-order valence-electron chi connectivity index (χ4n) is 7.76. The van der Waals surface area contributed by atoms with Gasteiger partial charge in [-0.25, -0.2) is 0 Å². The maximum absolute atomic E-state index is 14.1. The van der Waals surface area contributed by atoms with E-state index >= 15 is 0 Å². The predicted molar refractivity (Wildman–Crippen MR) is 161 cm³/mol. The molecule has 2 saturated carbocycles. The zero-order valence-corrected chi connectivity index (χ0v) is 28.2. The molecule has 43 heavy (non-hydrogen) atoms. The third kappa shape index (κ3) is 8.32. The number of esters is 2. The van der Waals surface area contributed by atoms with Crippen LogP contribution in [0.2, 0.25) is 0 Å². The summed E-state index contributed by atoms with van der Waals surface area (Å²) in [6.45, 7) is 20.2. The van der Waals surface area contributed by atoms with Crippen molar-refractivity contribution in [1.29, 1.82) is 0 Å². The molecule has 0 spiro atoms. The number of carbonyl (C=O) groups excluding carboxylic acids is 2. The molecular weight excluding hydrogens is 552 g/mol. The zero-order chi connectivity index (χ0) is 31.9. The third-order valence-electron chi connectivity index (χ3n) is 10.2. The Morgan fingerprint density at radius 3 is 1.65 bits per heavy atom. The van der Waals surface area contributed by atoms with Crippen LogP contribution in [-0.4, -0.2) is 71.9 Å². The highest BCUT2D eigenvalue weighted by Gasteiger charge is 2.56. The van der Waals surface area contributed by atoms with Gasteiger partial charge in [0.2, 0.25) is 0 Å². The number of aliphatic hydroxyl groups excluding tert-OH is 1. The van der Waals surface area contributed by atoms with Crippen LogP contribution in [0.5, 0.6) is 0 Å². The molecule has 2 aliphatic carbocycles. The highest BCUT2D eigenvalue weighted by Crippen LogP contribution is 2.41. The van der Waals surface area contributed by atoms with Crippen LogP contribution in [0.25, 0.3) is 0 Å². The molecule has 4 rings (SSSR count). The van der Waals surface area contributed by atoms with Crippen molar-refractivity contribution in [3.63, 3.8) is 0 Å². The van der Waals surface area contributed by atoms with Crippen LogP contribution in [0.1, 0.15) is 108 Å². The van der Waals surface area contributed by atoms with Gasteiger partial charge < -0.3 is 33.5 Å². The SMILES string of the molecule is CC(C)C1CC[C@H](C)C[C@@H]1OC(=O)C(C(=O)O[C@H]1C[C@@H](C)CCC1C(C)C)C(O)[C@@H]1OC(C)(C)O[C@H]1C1COC(C)(C)O1. The number of carbonyl (C=O) groups is 2. The molecule has 2 heterocycles. The first-order valence-electron chi connectivity index (χ1n) is 16.7. The first kappa shape index (κ1) is 34.6. The van der Waals surface area contributed by atoms with Crippen LogP contribution in [0.15, 0.2) is 0 Å². The summed E-state index contributed by atoms with van der Waals surface area (Å²) in [5, 5.41) is 12.0. The van der Waals surface area contributed by atoms with Crippen molar-refractivity contribution in [3.05, 3.63) is 0 Å². The van der Waals surface area contributed by atoms with E-state index < -0.39 is 53.8 Å². The number of hydrogen-bond acceptors (Lipinski definition) is 9. The molecule has 0 bridgehead atoms. The minimum Gasteiger partial charge on any atom is -0.461 e. The lowest BCUT2D eigenvalue weighted by molar-refractivity contribution is -0.190. The van der Waals surface area contributed by atoms with E-state index in [0.29, 0.717) is 23.7 Å². The standard InChI is InChI=1S/C34H58O9/c1-18(2)22-13-11-20(5)15-24(22)39-31(36)27(32(37)40-25-16-21(6)12-14-23(25)19(3)4)28(35)30-29(42-34(9,10)43-30)26-17-38-33(7,8)41-26/h18-30,35H,11-17H2,1-10H3/t20-,21-,22?,23?,24-,25-,26?,27?,28?,29-,30-/m0/s1. The van der Waals surface area contributed by atoms with Crippen LogP contribution in [0.3, 0.4) is 0 Å². The summed E-state index contributed by atoms with van der Waals surface area (Å²) in [7, 11) is 0. The van der Waals surface area contributed by atoms with Crippen molar-refractivity contribution in [3.8, 4) is 0 Å². The fourth-order valence-corrected chi connectivity index (χ4v) is 7.76. The molecule has 4 aliphatic rings. The fraction of sp³-hybridized carbons (Fsp3) is 0.941. The summed E-state index contributed by atoms with van der Waals surface area (Å²) >= 11 is 0. The van der Waals surface area contributed by atoms with E-state index in [4.69, 9.17) is 28.4 Å². The molecule has 0 aromatic carbocycles. The topological polar surface area (TPSA) is 110 Å². The Morgan fingerprint density at radius 2 is 1.23 bits per heavy atom. The highest BCUT2D eigenvalue weighted by molar-refractivity contribution is 5.96. The van der Waals surface area contributed by atoms with Crippen molar-refractivity contribution in [1.82, 2.24) is 0 Å². The lowest BCUT2D eigenvalue weighted by atomic mass is 9.75. The predicted octanol–water partition coefficient (Wildman–Crippen LogP) is 5.64. The summed E-state index contributed by atoms with van der Waals surface area (Å²) in [6.07, 6.45) is 0.891. The van der Waals surface area contributed by atoms with Gasteiger partial charge in [-0.1, -0.05) is 54.4 Å². The Bertz CT molecular complexity index is 916. The first-order chi connectivity index (χ1) is 20.0. The normalized spacial score (nSPS) is 39.0. The number of rotatable bonds is 9. The molecule has 0 radical (unpaired) electrons. The van der Waals surface area contributed by atoms with Crippen molar-refractivity contribution in [2.75, 3.05) is 6.61 Å². The molecule has 0 amide bonds. The molecule has 2 aliphatic heterocycles. The smallest absolute Gasteiger partial charge is 0.323 e. The molecule has 9 heteroatoms. The van der Waals surface area contributed by atoms with Crippen LogP contribution in [-0.2, 0) is 38.0 Å². The van der Waals surface area contributed by atoms with Crippen LogP contribution in [0, 0.1) is 41.4 Å². The Morgan fingerprint density at radius 1 is 0.744 bits per heavy atom. The Kier molecular flexibility index (Phi) is 11.0. The van der Waals surface area contributed by atoms with E-state index in [0.717, 1.165) is 38.5 Å². The maximum atomic E-state index is 14.1. The van der Waals surface area contributed by atoms with E-state index in [9.17, 15) is 14.7 Å². The summed E-state index contributed by atoms with van der Waals surface area (Å²) in [5.41, 5.74) is 0. The Labute approximate surface area is 259 Å². The van der Waals surface area contributed by atoms with Crippen molar-refractivity contribution in [2.45, 2.75) is 156 Å². The molecule has 9 nitrogen and oxygen atoms in total. The average Bonchev–Trinajstić information content (AvgIpc) is 3.41. The number of ether oxygens (including phenoxy) is 6. The molecule has 0 aromatic heterocycles. The van der Waals surface area contributed by atoms with Gasteiger partial charge >= 0.3 is 11.9 Å². The second-order valence-corrected chi connectivity index (χ2v) is 15.5. The maximum Gasteiger partial charge on any atom is 0.323 e. The average molecular weight is 611 g/mol. The van der Waals surface area contributed by atoms with E-state index in [2.05, 4.69) is 41.5 Å². The molecule has 0 aromatic rings. The van der Waals surface area contributed by atoms with Crippen molar-refractivity contribution < 1.29 is 43.1 Å². The van der Waals surface area contributed by atoms with E-state index in [1.54, 1.807) is 13.8 Å². The van der Waals surface area contributed by atoms with Crippen LogP contribution >= 0.6 is 0 Å². The number of hydrogen-bond donors (Lipinski definition) is 1. The van der Waals surface area contributed by atoms with Gasteiger partial charge in [0, 0.05) is 0 Å². The van der Waals surface area contributed by atoms with Crippen LogP contribution < -0.4 is 0 Å². The quantitative estimate of drug-likeness (QED) is 0.262. The zero-order valence-electron chi connectivity index (χ0n) is 28.2. The van der Waals surface area contributed by atoms with Gasteiger partial charge in [-0.15, -0.1) is 0 Å². The first-order valence-corrected chi connectivity index (χ1v) is 16.7. The van der Waals surface area contributed by atoms with Gasteiger partial charge in [0.05, 0.1) is 6.61 Å². The summed E-state index contributed by atoms with van der Waals surface area (Å²) < 4.78 is 36.6. The lowest BCUT2D eigenvalue weighted by Crippen LogP contribution is -2.52. The van der Waals surface area contributed by atoms with E-state index in [1.165, 1.54) is 0 Å². The lowest BCUT2D eigenvalue weighted by Gasteiger charge is -2.39. The Balaban J connectivity index is 1.63. The van der Waals surface area contributed by atoms with E-state index in [-0.39, 0.29) is 30.7 Å². The molecule has 2 saturated heterocycles. The summed E-state index contributed by atoms with van der Waals surface area (Å²) in [4.78, 5) is 28.2. The molecule has 4 fully saturated rings. The van der Waals surface area contributed by atoms with Gasteiger partial charge in [0.15, 0.2) is 17.5 Å². The second kappa shape index (κ2) is 13.6. The van der Waals surface area contributed by atoms with Gasteiger partial charge in [-0.3, -0.25) is 9.59 Å². The summed E-state index contributed by atoms with van der Waals surface area (Å²) in [5.74, 6) is -3.22. The van der Waals surface area contributed by atoms with Crippen molar-refractivity contribution >= 4 is 11.9 Å². The molecular formula is C34H58O9. The molecule has 4 unspecified atom stereocenters. The second-order valence-electron chi connectivity index (χ2n) is 15.5. The third-order valence-corrected chi connectivity index (χ3v) is 10.2. The minimum absolute atomic E-state index is 0.183. The molecule has 10 atom stereocenters. The van der Waals surface area contributed by atoms with Gasteiger partial charge in [0.25, 0.3) is 0 Å².